The highest BCUT2D eigenvalue weighted by Gasteiger charge is 2.15. The summed E-state index contributed by atoms with van der Waals surface area (Å²) in [6, 6.07) is 10.1. The van der Waals surface area contributed by atoms with E-state index in [2.05, 4.69) is 4.98 Å². The molecule has 0 saturated carbocycles. The van der Waals surface area contributed by atoms with Crippen LogP contribution in [0.5, 0.6) is 0 Å². The largest absolute Gasteiger partial charge is 0.292 e. The maximum atomic E-state index is 14.2. The van der Waals surface area contributed by atoms with Gasteiger partial charge in [0, 0.05) is 6.07 Å². The molecule has 3 aromatic rings. The zero-order chi connectivity index (χ0) is 15.0. The number of nitrogens with zero attached hydrogens (tertiary/aromatic N) is 3. The monoisotopic (exact) mass is 303 g/mol. The van der Waals surface area contributed by atoms with Crippen LogP contribution in [0.3, 0.4) is 0 Å². The molecule has 0 amide bonds. The minimum absolute atomic E-state index is 0.0513. The van der Waals surface area contributed by atoms with Crippen LogP contribution in [-0.2, 0) is 5.88 Å². The Labute approximate surface area is 124 Å². The van der Waals surface area contributed by atoms with Gasteiger partial charge in [0.1, 0.15) is 17.5 Å². The molecule has 0 aliphatic rings. The van der Waals surface area contributed by atoms with Gasteiger partial charge in [0.05, 0.1) is 34.2 Å². The fourth-order valence-corrected chi connectivity index (χ4v) is 2.40. The number of halogens is 3. The first-order chi connectivity index (χ1) is 10.1. The molecule has 3 rings (SSSR count). The lowest BCUT2D eigenvalue weighted by molar-refractivity contribution is 0.617. The fraction of sp³-hybridized carbons (Fsp3) is 0.0667. The fourth-order valence-electron chi connectivity index (χ4n) is 2.22. The second-order valence-corrected chi connectivity index (χ2v) is 4.68. The van der Waals surface area contributed by atoms with E-state index in [0.29, 0.717) is 16.9 Å². The van der Waals surface area contributed by atoms with Crippen LogP contribution in [0.2, 0.25) is 0 Å². The lowest BCUT2D eigenvalue weighted by Crippen LogP contribution is -2.02. The maximum absolute atomic E-state index is 14.2. The van der Waals surface area contributed by atoms with Crippen molar-refractivity contribution in [2.45, 2.75) is 5.88 Å². The second kappa shape index (κ2) is 5.15. The number of imidazole rings is 1. The van der Waals surface area contributed by atoms with Crippen LogP contribution in [0.4, 0.5) is 8.78 Å². The Morgan fingerprint density at radius 1 is 1.19 bits per heavy atom. The number of hydrogen-bond donors (Lipinski definition) is 0. The highest BCUT2D eigenvalue weighted by Crippen LogP contribution is 2.25. The number of hydrogen-bond acceptors (Lipinski definition) is 2. The van der Waals surface area contributed by atoms with Gasteiger partial charge in [0.15, 0.2) is 0 Å². The lowest BCUT2D eigenvalue weighted by Gasteiger charge is -2.09. The van der Waals surface area contributed by atoms with E-state index >= 15 is 0 Å². The molecule has 0 saturated heterocycles. The van der Waals surface area contributed by atoms with E-state index in [-0.39, 0.29) is 17.1 Å². The standard InChI is InChI=1S/C15H8ClF2N3/c16-7-15-20-12-6-10(17)2-4-14(12)21(15)13-3-1-9(8-19)5-11(13)18/h1-6H,7H2. The smallest absolute Gasteiger partial charge is 0.148 e. The minimum atomic E-state index is -0.566. The molecule has 6 heteroatoms. The molecule has 0 spiro atoms. The van der Waals surface area contributed by atoms with E-state index in [1.165, 1.54) is 34.9 Å². The number of benzene rings is 2. The summed E-state index contributed by atoms with van der Waals surface area (Å²) in [7, 11) is 0. The van der Waals surface area contributed by atoms with Crippen molar-refractivity contribution in [1.82, 2.24) is 9.55 Å². The van der Waals surface area contributed by atoms with E-state index in [0.717, 1.165) is 6.07 Å². The number of fused-ring (bicyclic) bond motifs is 1. The van der Waals surface area contributed by atoms with Crippen molar-refractivity contribution in [2.24, 2.45) is 0 Å². The second-order valence-electron chi connectivity index (χ2n) is 4.41. The van der Waals surface area contributed by atoms with Crippen molar-refractivity contribution in [2.75, 3.05) is 0 Å². The van der Waals surface area contributed by atoms with E-state index < -0.39 is 11.6 Å². The van der Waals surface area contributed by atoms with Gasteiger partial charge in [-0.3, -0.25) is 4.57 Å². The van der Waals surface area contributed by atoms with E-state index in [1.54, 1.807) is 0 Å². The Balaban J connectivity index is 2.31. The third-order valence-electron chi connectivity index (χ3n) is 3.12. The van der Waals surface area contributed by atoms with E-state index in [1.807, 2.05) is 6.07 Å². The zero-order valence-corrected chi connectivity index (χ0v) is 11.4. The quantitative estimate of drug-likeness (QED) is 0.673. The summed E-state index contributed by atoms with van der Waals surface area (Å²) >= 11 is 5.85. The normalized spacial score (nSPS) is 10.8. The summed E-state index contributed by atoms with van der Waals surface area (Å²) in [5.41, 5.74) is 1.39. The first-order valence-corrected chi connectivity index (χ1v) is 6.60. The van der Waals surface area contributed by atoms with Crippen molar-refractivity contribution in [1.29, 1.82) is 5.26 Å². The molecular formula is C15H8ClF2N3. The van der Waals surface area contributed by atoms with Gasteiger partial charge in [-0.2, -0.15) is 5.26 Å². The van der Waals surface area contributed by atoms with Gasteiger partial charge in [-0.15, -0.1) is 11.6 Å². The van der Waals surface area contributed by atoms with Crippen LogP contribution < -0.4 is 0 Å². The Kier molecular flexibility index (Phi) is 3.32. The highest BCUT2D eigenvalue weighted by atomic mass is 35.5. The molecule has 1 aromatic heterocycles. The van der Waals surface area contributed by atoms with Crippen molar-refractivity contribution in [3.63, 3.8) is 0 Å². The minimum Gasteiger partial charge on any atom is -0.292 e. The van der Waals surface area contributed by atoms with Crippen LogP contribution >= 0.6 is 11.6 Å². The van der Waals surface area contributed by atoms with Gasteiger partial charge in [-0.05, 0) is 30.3 Å². The van der Waals surface area contributed by atoms with Crippen molar-refractivity contribution in [3.05, 3.63) is 59.4 Å². The Morgan fingerprint density at radius 2 is 2.00 bits per heavy atom. The lowest BCUT2D eigenvalue weighted by atomic mass is 10.2. The summed E-state index contributed by atoms with van der Waals surface area (Å²) in [6.07, 6.45) is 0. The predicted molar refractivity (Wildman–Crippen MR) is 75.3 cm³/mol. The molecule has 0 N–H and O–H groups in total. The molecule has 0 radical (unpaired) electrons. The predicted octanol–water partition coefficient (Wildman–Crippen LogP) is 3.91. The molecule has 2 aromatic carbocycles. The Morgan fingerprint density at radius 3 is 2.67 bits per heavy atom. The number of nitriles is 1. The summed E-state index contributed by atoms with van der Waals surface area (Å²) in [5, 5.41) is 8.79. The molecule has 21 heavy (non-hydrogen) atoms. The van der Waals surface area contributed by atoms with Crippen molar-refractivity contribution in [3.8, 4) is 11.8 Å². The van der Waals surface area contributed by atoms with Gasteiger partial charge in [-0.1, -0.05) is 0 Å². The number of alkyl halides is 1. The molecule has 0 aliphatic heterocycles. The third-order valence-corrected chi connectivity index (χ3v) is 3.36. The SMILES string of the molecule is N#Cc1ccc(-n2c(CCl)nc3cc(F)ccc32)c(F)c1. The van der Waals surface area contributed by atoms with Crippen LogP contribution in [0, 0.1) is 23.0 Å². The highest BCUT2D eigenvalue weighted by molar-refractivity contribution is 6.17. The summed E-state index contributed by atoms with van der Waals surface area (Å²) in [4.78, 5) is 4.21. The van der Waals surface area contributed by atoms with Crippen LogP contribution in [0.15, 0.2) is 36.4 Å². The van der Waals surface area contributed by atoms with Crippen LogP contribution in [0.1, 0.15) is 11.4 Å². The molecule has 3 nitrogen and oxygen atoms in total. The van der Waals surface area contributed by atoms with Gasteiger partial charge in [0.25, 0.3) is 0 Å². The van der Waals surface area contributed by atoms with Crippen molar-refractivity contribution < 1.29 is 8.78 Å². The average molecular weight is 304 g/mol. The van der Waals surface area contributed by atoms with Crippen molar-refractivity contribution >= 4 is 22.6 Å². The average Bonchev–Trinajstić information content (AvgIpc) is 2.84. The molecule has 0 unspecified atom stereocenters. The zero-order valence-electron chi connectivity index (χ0n) is 10.6. The Bertz CT molecular complexity index is 880. The van der Waals surface area contributed by atoms with Crippen LogP contribution in [-0.4, -0.2) is 9.55 Å². The number of rotatable bonds is 2. The van der Waals surface area contributed by atoms with Gasteiger partial charge >= 0.3 is 0 Å². The summed E-state index contributed by atoms with van der Waals surface area (Å²) < 4.78 is 29.0. The molecule has 104 valence electrons. The number of aromatic nitrogens is 2. The molecule has 0 fully saturated rings. The van der Waals surface area contributed by atoms with E-state index in [9.17, 15) is 8.78 Å². The van der Waals surface area contributed by atoms with Crippen LogP contribution in [0.25, 0.3) is 16.7 Å². The molecule has 0 atom stereocenters. The van der Waals surface area contributed by atoms with E-state index in [4.69, 9.17) is 16.9 Å². The van der Waals surface area contributed by atoms with Gasteiger partial charge < -0.3 is 0 Å². The third kappa shape index (κ3) is 2.24. The topological polar surface area (TPSA) is 41.6 Å². The van der Waals surface area contributed by atoms with Gasteiger partial charge in [-0.25, -0.2) is 13.8 Å². The maximum Gasteiger partial charge on any atom is 0.148 e. The first kappa shape index (κ1) is 13.5. The Hall–Kier alpha value is -2.45. The molecular weight excluding hydrogens is 296 g/mol. The summed E-state index contributed by atoms with van der Waals surface area (Å²) in [5.74, 6) is -0.533. The molecule has 0 bridgehead atoms. The summed E-state index contributed by atoms with van der Waals surface area (Å²) in [6.45, 7) is 0. The molecule has 1 heterocycles. The van der Waals surface area contributed by atoms with Gasteiger partial charge in [0.2, 0.25) is 0 Å². The first-order valence-electron chi connectivity index (χ1n) is 6.07. The molecule has 0 aliphatic carbocycles.